The summed E-state index contributed by atoms with van der Waals surface area (Å²) in [5.41, 5.74) is 4.83. The number of carbonyl (C=O) groups excluding carboxylic acids is 3. The van der Waals surface area contributed by atoms with Crippen molar-refractivity contribution < 1.29 is 80.5 Å². The fourth-order valence-electron chi connectivity index (χ4n) is 4.97. The molecule has 2 amide bonds. The summed E-state index contributed by atoms with van der Waals surface area (Å²) in [5, 5.41) is 26.2. The van der Waals surface area contributed by atoms with Crippen molar-refractivity contribution in [2.24, 2.45) is 11.3 Å². The highest BCUT2D eigenvalue weighted by atomic mass is 32.2. The second-order valence-corrected chi connectivity index (χ2v) is 18.3. The third kappa shape index (κ3) is 12.9. The molecule has 1 aliphatic carbocycles. The number of aliphatic hydroxyl groups excluding tert-OH is 2. The van der Waals surface area contributed by atoms with Gasteiger partial charge in [0.15, 0.2) is 17.7 Å². The lowest BCUT2D eigenvalue weighted by Gasteiger charge is -2.30. The van der Waals surface area contributed by atoms with Crippen molar-refractivity contribution in [3.8, 4) is 0 Å². The van der Waals surface area contributed by atoms with Gasteiger partial charge in [0.1, 0.15) is 36.3 Å². The van der Waals surface area contributed by atoms with Gasteiger partial charge in [0.05, 0.1) is 19.5 Å². The number of nitrogens with zero attached hydrogens (tertiary/aromatic N) is 4. The number of nitrogens with two attached hydrogens (primary N) is 1. The number of imidazole rings is 1. The number of hydrogen-bond acceptors (Lipinski definition) is 18. The van der Waals surface area contributed by atoms with Gasteiger partial charge in [-0.2, -0.15) is 4.31 Å². The molecule has 1 aliphatic heterocycles. The van der Waals surface area contributed by atoms with E-state index in [-0.39, 0.29) is 47.5 Å². The average Bonchev–Trinajstić information content (AvgIpc) is 3.78. The molecule has 2 aromatic rings. The molecule has 1 saturated heterocycles. The highest BCUT2D eigenvalue weighted by Crippen LogP contribution is 2.61. The molecule has 2 fully saturated rings. The van der Waals surface area contributed by atoms with Gasteiger partial charge in [0.25, 0.3) is 0 Å². The third-order valence-corrected chi connectivity index (χ3v) is 12.1. The molecular weight excluding hydrogens is 819 g/mol. The summed E-state index contributed by atoms with van der Waals surface area (Å²) in [5.74, 6) is -0.881. The number of nitrogen functional groups attached to an aromatic ring is 1. The molecular formula is C27H42N7O17P3S. The van der Waals surface area contributed by atoms with Crippen molar-refractivity contribution in [2.75, 3.05) is 37.8 Å². The molecule has 4 rings (SSSR count). The van der Waals surface area contributed by atoms with Crippen LogP contribution in [0.25, 0.3) is 11.2 Å². The van der Waals surface area contributed by atoms with Crippen LogP contribution >= 0.6 is 35.2 Å². The first-order valence-corrected chi connectivity index (χ1v) is 21.8. The van der Waals surface area contributed by atoms with Crippen molar-refractivity contribution in [3.63, 3.8) is 0 Å². The number of hydrogen-bond donors (Lipinski definition) is 9. The number of thioether (sulfide) groups is 1. The quantitative estimate of drug-likeness (QED) is 0.0439. The number of phosphoric ester groups is 3. The predicted octanol–water partition coefficient (Wildman–Crippen LogP) is -0.369. The predicted molar refractivity (Wildman–Crippen MR) is 189 cm³/mol. The summed E-state index contributed by atoms with van der Waals surface area (Å²) in [4.78, 5) is 87.5. The first kappa shape index (κ1) is 45.0. The van der Waals surface area contributed by atoms with Crippen LogP contribution in [-0.2, 0) is 50.7 Å². The Morgan fingerprint density at radius 2 is 1.76 bits per heavy atom. The van der Waals surface area contributed by atoms with E-state index in [9.17, 15) is 57.9 Å². The molecule has 7 atom stereocenters. The van der Waals surface area contributed by atoms with Crippen molar-refractivity contribution >= 4 is 69.1 Å². The standard InChI is InChI=1S/C27H42N7O17P3S/c1-14(15-4-5-15)26(39)55-9-8-29-17(35)6-7-30-24(38)21(37)27(2,3)11-48-54(45,46)51-53(43,44)47-10-16-20(50-52(40,41)42)19(36)25(49-16)34-13-33-18-22(28)31-12-32-23(18)34/h12-13,15-16,19-21,25,36-37H,1,4-11H2,2-3H3,(H,29,35)(H,30,38)(H,43,44)(H,45,46)(H2,28,31,32)(H2,40,41,42)/t16-,19-,20-,21+,25-/m1/s1. The van der Waals surface area contributed by atoms with E-state index in [4.69, 9.17) is 19.5 Å². The lowest BCUT2D eigenvalue weighted by Crippen LogP contribution is -2.46. The minimum absolute atomic E-state index is 0.0305. The van der Waals surface area contributed by atoms with Gasteiger partial charge < -0.3 is 50.9 Å². The van der Waals surface area contributed by atoms with E-state index in [2.05, 4.69) is 41.0 Å². The van der Waals surface area contributed by atoms with Crippen LogP contribution in [0.15, 0.2) is 24.8 Å². The van der Waals surface area contributed by atoms with E-state index >= 15 is 0 Å². The van der Waals surface area contributed by atoms with Gasteiger partial charge in [0, 0.05) is 36.3 Å². The van der Waals surface area contributed by atoms with Crippen LogP contribution in [0.2, 0.25) is 0 Å². The van der Waals surface area contributed by atoms with Crippen molar-refractivity contribution in [1.29, 1.82) is 0 Å². The zero-order valence-electron chi connectivity index (χ0n) is 29.3. The Bertz CT molecular complexity index is 1890. The molecule has 0 aromatic carbocycles. The van der Waals surface area contributed by atoms with E-state index in [1.165, 1.54) is 13.8 Å². The lowest BCUT2D eigenvalue weighted by atomic mass is 9.87. The summed E-state index contributed by atoms with van der Waals surface area (Å²) in [6.07, 6.45) is -5.01. The number of fused-ring (bicyclic) bond motifs is 1. The second kappa shape index (κ2) is 18.3. The number of anilines is 1. The van der Waals surface area contributed by atoms with Gasteiger partial charge in [-0.15, -0.1) is 0 Å². The maximum absolute atomic E-state index is 12.7. The van der Waals surface area contributed by atoms with Crippen LogP contribution in [0.1, 0.15) is 39.3 Å². The van der Waals surface area contributed by atoms with Gasteiger partial charge >= 0.3 is 23.5 Å². The smallest absolute Gasteiger partial charge is 0.386 e. The molecule has 1 saturated carbocycles. The van der Waals surface area contributed by atoms with Crippen LogP contribution in [0, 0.1) is 11.3 Å². The van der Waals surface area contributed by atoms with Crippen molar-refractivity contribution in [3.05, 3.63) is 24.8 Å². The highest BCUT2D eigenvalue weighted by molar-refractivity contribution is 8.14. The summed E-state index contributed by atoms with van der Waals surface area (Å²) in [7, 11) is -16.4. The molecule has 0 spiro atoms. The maximum atomic E-state index is 12.7. The Hall–Kier alpha value is -2.70. The monoisotopic (exact) mass is 861 g/mol. The number of carbonyl (C=O) groups is 3. The Labute approximate surface area is 317 Å². The van der Waals surface area contributed by atoms with Crippen LogP contribution in [0.5, 0.6) is 0 Å². The maximum Gasteiger partial charge on any atom is 0.481 e. The third-order valence-electron chi connectivity index (χ3n) is 8.07. The molecule has 2 aliphatic rings. The number of rotatable bonds is 21. The molecule has 2 aromatic heterocycles. The average molecular weight is 862 g/mol. The minimum Gasteiger partial charge on any atom is -0.386 e. The van der Waals surface area contributed by atoms with Gasteiger partial charge in [0.2, 0.25) is 16.9 Å². The van der Waals surface area contributed by atoms with Gasteiger partial charge in [-0.3, -0.25) is 32.5 Å². The Balaban J connectivity index is 1.24. The SMILES string of the molecule is C=C(C(=O)SCCNC(=O)CCNC(=O)[C@H](O)C(C)(C)COP(=O)(O)OP(=O)(O)OC[C@H]1O[C@@H](n2cnc3c(N)ncnc32)[C@H](O)[C@@H]1OP(=O)(O)O)C1CC1. The number of nitrogens with one attached hydrogen (secondary N) is 2. The molecule has 0 radical (unpaired) electrons. The van der Waals surface area contributed by atoms with Crippen molar-refractivity contribution in [1.82, 2.24) is 30.2 Å². The Morgan fingerprint density at radius 3 is 2.42 bits per heavy atom. The molecule has 55 heavy (non-hydrogen) atoms. The topological polar surface area (TPSA) is 364 Å². The zero-order valence-corrected chi connectivity index (χ0v) is 32.8. The molecule has 28 heteroatoms. The largest absolute Gasteiger partial charge is 0.481 e. The molecule has 10 N–H and O–H groups in total. The first-order chi connectivity index (χ1) is 25.5. The van der Waals surface area contributed by atoms with Crippen LogP contribution in [0.3, 0.4) is 0 Å². The molecule has 24 nitrogen and oxygen atoms in total. The second-order valence-electron chi connectivity index (χ2n) is 13.0. The van der Waals surface area contributed by atoms with E-state index in [1.807, 2.05) is 0 Å². The van der Waals surface area contributed by atoms with E-state index in [0.29, 0.717) is 11.3 Å². The van der Waals surface area contributed by atoms with Crippen LogP contribution < -0.4 is 16.4 Å². The Kier molecular flexibility index (Phi) is 14.9. The number of ether oxygens (including phenoxy) is 1. The van der Waals surface area contributed by atoms with E-state index in [1.54, 1.807) is 0 Å². The molecule has 2 unspecified atom stereocenters. The highest BCUT2D eigenvalue weighted by Gasteiger charge is 2.50. The van der Waals surface area contributed by atoms with Crippen LogP contribution in [0.4, 0.5) is 5.82 Å². The number of aromatic nitrogens is 4. The molecule has 3 heterocycles. The Morgan fingerprint density at radius 1 is 1.09 bits per heavy atom. The minimum atomic E-state index is -5.57. The molecule has 308 valence electrons. The number of amides is 2. The number of phosphoric acid groups is 3. The zero-order chi connectivity index (χ0) is 40.9. The van der Waals surface area contributed by atoms with Crippen molar-refractivity contribution in [2.45, 2.75) is 63.8 Å². The number of aliphatic hydroxyl groups is 2. The summed E-state index contributed by atoms with van der Waals surface area (Å²) < 4.78 is 62.0. The normalized spacial score (nSPS) is 23.1. The van der Waals surface area contributed by atoms with E-state index in [0.717, 1.165) is 41.8 Å². The van der Waals surface area contributed by atoms with Gasteiger partial charge in [-0.05, 0) is 18.8 Å². The van der Waals surface area contributed by atoms with Crippen LogP contribution in [-0.4, -0.2) is 123 Å². The van der Waals surface area contributed by atoms with Gasteiger partial charge in [-0.1, -0.05) is 32.2 Å². The van der Waals surface area contributed by atoms with E-state index < -0.39 is 84.6 Å². The lowest BCUT2D eigenvalue weighted by molar-refractivity contribution is -0.137. The summed E-state index contributed by atoms with van der Waals surface area (Å²) in [6.45, 7) is 4.27. The summed E-state index contributed by atoms with van der Waals surface area (Å²) >= 11 is 1.05. The fraction of sp³-hybridized carbons (Fsp3) is 0.630. The molecule has 0 bridgehead atoms. The fourth-order valence-corrected chi connectivity index (χ4v) is 8.54. The summed E-state index contributed by atoms with van der Waals surface area (Å²) in [6, 6.07) is 0. The van der Waals surface area contributed by atoms with Gasteiger partial charge in [-0.25, -0.2) is 28.6 Å². The first-order valence-electron chi connectivity index (χ1n) is 16.2.